The van der Waals surface area contributed by atoms with Crippen LogP contribution >= 0.6 is 0 Å². The lowest BCUT2D eigenvalue weighted by molar-refractivity contribution is -0.241. The summed E-state index contributed by atoms with van der Waals surface area (Å²) in [6, 6.07) is 7.55. The van der Waals surface area contributed by atoms with Crippen LogP contribution in [0.1, 0.15) is 11.1 Å². The SMILES string of the molecule is O=C1C=CN2N3C(=O)C(OC(=O)C(F)(F)F)(c4ccccc4)C(=O)C3C1C2(Cc1ccc(F)cc1)OC(=O)C(F)(F)F. The molecule has 3 aliphatic heterocycles. The van der Waals surface area contributed by atoms with Crippen molar-refractivity contribution in [1.29, 1.82) is 0 Å². The smallest absolute Gasteiger partial charge is 0.429 e. The maximum Gasteiger partial charge on any atom is 0.491 e. The molecule has 0 radical (unpaired) electrons. The minimum absolute atomic E-state index is 0.0108. The van der Waals surface area contributed by atoms with Crippen molar-refractivity contribution in [2.75, 3.05) is 0 Å². The average Bonchev–Trinajstić information content (AvgIpc) is 3.21. The lowest BCUT2D eigenvalue weighted by atomic mass is 9.77. The highest BCUT2D eigenvalue weighted by molar-refractivity contribution is 6.21. The third kappa shape index (κ3) is 4.19. The number of fused-ring (bicyclic) bond motifs is 5. The molecule has 16 heteroatoms. The summed E-state index contributed by atoms with van der Waals surface area (Å²) in [5.41, 5.74) is -6.64. The first-order valence-electron chi connectivity index (χ1n) is 11.8. The van der Waals surface area contributed by atoms with Gasteiger partial charge in [0.1, 0.15) is 17.8 Å². The maximum atomic E-state index is 14.0. The Morgan fingerprint density at radius 3 is 1.98 bits per heavy atom. The molecular weight excluding hydrogens is 585 g/mol. The number of ketones is 2. The fraction of sp³-hybridized carbons (Fsp3) is 0.269. The highest BCUT2D eigenvalue weighted by Crippen LogP contribution is 2.54. The molecule has 4 unspecified atom stereocenters. The van der Waals surface area contributed by atoms with Gasteiger partial charge in [0.2, 0.25) is 11.5 Å². The number of hydrazine groups is 1. The molecule has 0 spiro atoms. The molecule has 0 aliphatic carbocycles. The van der Waals surface area contributed by atoms with Crippen LogP contribution in [0.5, 0.6) is 0 Å². The molecule has 2 saturated heterocycles. The van der Waals surface area contributed by atoms with Crippen molar-refractivity contribution in [2.45, 2.75) is 36.1 Å². The number of allylic oxidation sites excluding steroid dienone is 1. The highest BCUT2D eigenvalue weighted by Gasteiger charge is 2.78. The van der Waals surface area contributed by atoms with Crippen molar-refractivity contribution >= 4 is 29.4 Å². The van der Waals surface area contributed by atoms with Gasteiger partial charge in [-0.1, -0.05) is 42.5 Å². The predicted molar refractivity (Wildman–Crippen MR) is 120 cm³/mol. The van der Waals surface area contributed by atoms with E-state index in [-0.39, 0.29) is 5.56 Å². The summed E-state index contributed by atoms with van der Waals surface area (Å²) in [5, 5.41) is 0.862. The Morgan fingerprint density at radius 2 is 1.40 bits per heavy atom. The van der Waals surface area contributed by atoms with E-state index in [1.165, 1.54) is 18.2 Å². The Morgan fingerprint density at radius 1 is 0.833 bits per heavy atom. The van der Waals surface area contributed by atoms with Crippen molar-refractivity contribution in [2.24, 2.45) is 5.92 Å². The van der Waals surface area contributed by atoms with E-state index < -0.39 is 82.9 Å². The van der Waals surface area contributed by atoms with Gasteiger partial charge >= 0.3 is 24.3 Å². The lowest BCUT2D eigenvalue weighted by Crippen LogP contribution is -2.61. The van der Waals surface area contributed by atoms with Gasteiger partial charge in [0, 0.05) is 18.2 Å². The highest BCUT2D eigenvalue weighted by atomic mass is 19.4. The molecule has 0 aromatic heterocycles. The molecule has 220 valence electrons. The number of hydrogen-bond donors (Lipinski definition) is 0. The number of benzene rings is 2. The Hall–Kier alpha value is -4.76. The van der Waals surface area contributed by atoms with E-state index in [1.54, 1.807) is 0 Å². The second-order valence-electron chi connectivity index (χ2n) is 9.47. The summed E-state index contributed by atoms with van der Waals surface area (Å²) in [7, 11) is 0. The first-order chi connectivity index (χ1) is 19.5. The molecule has 9 nitrogen and oxygen atoms in total. The van der Waals surface area contributed by atoms with E-state index >= 15 is 0 Å². The Kier molecular flexibility index (Phi) is 6.43. The first-order valence-corrected chi connectivity index (χ1v) is 11.8. The number of rotatable bonds is 5. The number of esters is 2. The van der Waals surface area contributed by atoms with Crippen molar-refractivity contribution in [1.82, 2.24) is 10.0 Å². The van der Waals surface area contributed by atoms with Crippen molar-refractivity contribution in [3.8, 4) is 0 Å². The number of Topliss-reactive ketones (excluding diaryl/α,β-unsaturated/α-hetero) is 1. The van der Waals surface area contributed by atoms with E-state index in [0.717, 1.165) is 42.5 Å². The molecule has 4 atom stereocenters. The van der Waals surface area contributed by atoms with Crippen molar-refractivity contribution in [3.05, 3.63) is 83.8 Å². The fourth-order valence-corrected chi connectivity index (χ4v) is 5.37. The summed E-state index contributed by atoms with van der Waals surface area (Å²) in [6.45, 7) is 0. The number of nitrogens with zero attached hydrogens (tertiary/aromatic N) is 2. The van der Waals surface area contributed by atoms with Gasteiger partial charge in [-0.15, -0.1) is 0 Å². The summed E-state index contributed by atoms with van der Waals surface area (Å²) >= 11 is 0. The lowest BCUT2D eigenvalue weighted by Gasteiger charge is -2.44. The molecule has 42 heavy (non-hydrogen) atoms. The minimum Gasteiger partial charge on any atom is -0.429 e. The second kappa shape index (κ2) is 9.39. The number of amides is 1. The summed E-state index contributed by atoms with van der Waals surface area (Å²) in [5.74, 6) is -13.1. The molecule has 0 saturated carbocycles. The van der Waals surface area contributed by atoms with E-state index in [4.69, 9.17) is 4.74 Å². The topological polar surface area (TPSA) is 110 Å². The van der Waals surface area contributed by atoms with E-state index in [9.17, 15) is 54.7 Å². The van der Waals surface area contributed by atoms with Crippen LogP contribution in [0.2, 0.25) is 0 Å². The molecular formula is C26H15F7N2O7. The van der Waals surface area contributed by atoms with Gasteiger partial charge in [-0.2, -0.15) is 26.3 Å². The normalized spacial score (nSPS) is 26.9. The monoisotopic (exact) mass is 600 g/mol. The van der Waals surface area contributed by atoms with E-state index in [1.807, 2.05) is 0 Å². The number of alkyl halides is 6. The number of halogens is 7. The van der Waals surface area contributed by atoms with Gasteiger partial charge in [0.15, 0.2) is 5.78 Å². The predicted octanol–water partition coefficient (Wildman–Crippen LogP) is 2.89. The third-order valence-electron chi connectivity index (χ3n) is 7.03. The number of carbonyl (C=O) groups is 5. The van der Waals surface area contributed by atoms with Gasteiger partial charge < -0.3 is 9.47 Å². The average molecular weight is 600 g/mol. The number of hydrogen-bond acceptors (Lipinski definition) is 8. The summed E-state index contributed by atoms with van der Waals surface area (Å²) in [6.07, 6.45) is -10.7. The zero-order valence-corrected chi connectivity index (χ0v) is 20.6. The largest absolute Gasteiger partial charge is 0.491 e. The summed E-state index contributed by atoms with van der Waals surface area (Å²) < 4.78 is 103. The van der Waals surface area contributed by atoms with Crippen molar-refractivity contribution < 1.29 is 64.2 Å². The van der Waals surface area contributed by atoms with Crippen molar-refractivity contribution in [3.63, 3.8) is 0 Å². The Bertz CT molecular complexity index is 1520. The zero-order valence-electron chi connectivity index (χ0n) is 20.6. The molecule has 2 aromatic carbocycles. The molecule has 1 amide bonds. The van der Waals surface area contributed by atoms with Crippen LogP contribution in [-0.4, -0.2) is 63.5 Å². The summed E-state index contributed by atoms with van der Waals surface area (Å²) in [4.78, 5) is 65.3. The van der Waals surface area contributed by atoms with Crippen LogP contribution in [0.4, 0.5) is 30.7 Å². The van der Waals surface area contributed by atoms with Gasteiger partial charge in [-0.3, -0.25) is 14.4 Å². The number of ether oxygens (including phenoxy) is 2. The maximum absolute atomic E-state index is 14.0. The van der Waals surface area contributed by atoms with Gasteiger partial charge in [-0.05, 0) is 23.8 Å². The fourth-order valence-electron chi connectivity index (χ4n) is 5.37. The molecule has 2 fully saturated rings. The first kappa shape index (κ1) is 28.8. The van der Waals surface area contributed by atoms with E-state index in [0.29, 0.717) is 16.2 Å². The molecule has 5 rings (SSSR count). The Labute approximate surface area is 230 Å². The quantitative estimate of drug-likeness (QED) is 0.293. The molecule has 2 bridgehead atoms. The van der Waals surface area contributed by atoms with Crippen LogP contribution in [0.25, 0.3) is 0 Å². The van der Waals surface area contributed by atoms with Crippen LogP contribution in [0.3, 0.4) is 0 Å². The molecule has 3 heterocycles. The van der Waals surface area contributed by atoms with Crippen LogP contribution in [0.15, 0.2) is 66.9 Å². The van der Waals surface area contributed by atoms with Gasteiger partial charge in [-0.25, -0.2) is 24.0 Å². The number of carbonyl (C=O) groups excluding carboxylic acids is 5. The third-order valence-corrected chi connectivity index (χ3v) is 7.03. The van der Waals surface area contributed by atoms with Crippen LogP contribution in [-0.2, 0) is 45.5 Å². The molecule has 3 aliphatic rings. The zero-order chi connectivity index (χ0) is 30.8. The second-order valence-corrected chi connectivity index (χ2v) is 9.47. The molecule has 0 N–H and O–H groups in total. The molecule has 2 aromatic rings. The van der Waals surface area contributed by atoms with Crippen LogP contribution < -0.4 is 0 Å². The van der Waals surface area contributed by atoms with E-state index in [2.05, 4.69) is 4.74 Å². The minimum atomic E-state index is -5.68. The van der Waals surface area contributed by atoms with Crippen LogP contribution in [0, 0.1) is 11.7 Å². The Balaban J connectivity index is 1.70. The standard InChI is InChI=1S/C26H15F7N2O7/c27-15-8-6-13(7-9-15)12-23(41-21(39)25(28,29)30)17-16(36)10-11-34(23)35-18(17)19(37)24(20(35)38,14-4-2-1-3-5-14)42-22(40)26(31,32)33/h1-11,17-18H,12H2. The van der Waals surface area contributed by atoms with Gasteiger partial charge in [0.05, 0.1) is 0 Å². The van der Waals surface area contributed by atoms with Gasteiger partial charge in [0.25, 0.3) is 11.5 Å².